The topological polar surface area (TPSA) is 68.7 Å². The molecule has 0 saturated heterocycles. The summed E-state index contributed by atoms with van der Waals surface area (Å²) in [6.45, 7) is 5.44. The molecule has 1 amide bonds. The van der Waals surface area contributed by atoms with Crippen molar-refractivity contribution in [3.63, 3.8) is 0 Å². The van der Waals surface area contributed by atoms with Crippen molar-refractivity contribution in [2.45, 2.75) is 26.7 Å². The lowest BCUT2D eigenvalue weighted by atomic mass is 9.94. The Kier molecular flexibility index (Phi) is 5.37. The van der Waals surface area contributed by atoms with Gasteiger partial charge in [0.2, 0.25) is 11.8 Å². The third-order valence-corrected chi connectivity index (χ3v) is 4.83. The highest BCUT2D eigenvalue weighted by atomic mass is 35.5. The molecule has 6 nitrogen and oxygen atoms in total. The van der Waals surface area contributed by atoms with Gasteiger partial charge in [0.25, 0.3) is 0 Å². The second kappa shape index (κ2) is 7.56. The zero-order chi connectivity index (χ0) is 19.7. The molecule has 142 valence electrons. The number of benzene rings is 1. The standard InChI is InChI=1S/C20H21ClN2O4/c1-5-27-17(24)10-23-16-8-11(2)19(26-4)22-18(16)14-7-6-13(21)9-15(14)12(3)20(23)25/h6-9,12H,5,10H2,1-4H3. The van der Waals surface area contributed by atoms with Gasteiger partial charge in [-0.3, -0.25) is 14.5 Å². The summed E-state index contributed by atoms with van der Waals surface area (Å²) in [5.41, 5.74) is 3.45. The maximum absolute atomic E-state index is 13.2. The SMILES string of the molecule is CCOC(=O)CN1C(=O)C(C)c2cc(Cl)ccc2-c2nc(OC)c(C)cc21. The van der Waals surface area contributed by atoms with E-state index >= 15 is 0 Å². The molecule has 3 rings (SSSR count). The molecule has 1 unspecified atom stereocenters. The Morgan fingerprint density at radius 2 is 2.07 bits per heavy atom. The Morgan fingerprint density at radius 1 is 1.33 bits per heavy atom. The van der Waals surface area contributed by atoms with Crippen molar-refractivity contribution in [3.05, 3.63) is 40.4 Å². The number of amides is 1. The molecule has 1 aromatic heterocycles. The van der Waals surface area contributed by atoms with E-state index in [4.69, 9.17) is 21.1 Å². The number of ether oxygens (including phenoxy) is 2. The summed E-state index contributed by atoms with van der Waals surface area (Å²) in [6.07, 6.45) is 0. The summed E-state index contributed by atoms with van der Waals surface area (Å²) in [5.74, 6) is -0.709. The summed E-state index contributed by atoms with van der Waals surface area (Å²) in [5, 5.41) is 0.535. The van der Waals surface area contributed by atoms with Crippen molar-refractivity contribution in [2.24, 2.45) is 0 Å². The number of aromatic nitrogens is 1. The first kappa shape index (κ1) is 19.2. The van der Waals surface area contributed by atoms with Crippen LogP contribution in [0.25, 0.3) is 11.3 Å². The summed E-state index contributed by atoms with van der Waals surface area (Å²) >= 11 is 6.17. The fraction of sp³-hybridized carbons (Fsp3) is 0.350. The first-order valence-corrected chi connectivity index (χ1v) is 9.07. The Labute approximate surface area is 163 Å². The number of carbonyl (C=O) groups excluding carboxylic acids is 2. The van der Waals surface area contributed by atoms with Gasteiger partial charge < -0.3 is 9.47 Å². The molecule has 2 heterocycles. The number of aryl methyl sites for hydroxylation is 1. The number of hydrogen-bond acceptors (Lipinski definition) is 5. The maximum Gasteiger partial charge on any atom is 0.326 e. The lowest BCUT2D eigenvalue weighted by molar-refractivity contribution is -0.142. The molecule has 7 heteroatoms. The number of methoxy groups -OCH3 is 1. The normalized spacial score (nSPS) is 15.7. The monoisotopic (exact) mass is 388 g/mol. The van der Waals surface area contributed by atoms with E-state index in [9.17, 15) is 9.59 Å². The van der Waals surface area contributed by atoms with Gasteiger partial charge in [-0.05, 0) is 44.5 Å². The van der Waals surface area contributed by atoms with Crippen LogP contribution in [0.3, 0.4) is 0 Å². The minimum atomic E-state index is -0.492. The fourth-order valence-corrected chi connectivity index (χ4v) is 3.47. The van der Waals surface area contributed by atoms with Crippen molar-refractivity contribution in [1.82, 2.24) is 4.98 Å². The van der Waals surface area contributed by atoms with E-state index in [2.05, 4.69) is 4.98 Å². The molecular formula is C20H21ClN2O4. The smallest absolute Gasteiger partial charge is 0.326 e. The number of esters is 1. The zero-order valence-corrected chi connectivity index (χ0v) is 16.5. The molecule has 0 aliphatic carbocycles. The van der Waals surface area contributed by atoms with Crippen molar-refractivity contribution >= 4 is 29.2 Å². The third kappa shape index (κ3) is 3.49. The minimum Gasteiger partial charge on any atom is -0.481 e. The number of fused-ring (bicyclic) bond motifs is 3. The van der Waals surface area contributed by atoms with Crippen LogP contribution in [0.4, 0.5) is 5.69 Å². The van der Waals surface area contributed by atoms with E-state index in [1.165, 1.54) is 4.90 Å². The molecule has 2 aromatic rings. The number of rotatable bonds is 4. The average molecular weight is 389 g/mol. The Morgan fingerprint density at radius 3 is 2.74 bits per heavy atom. The number of nitrogens with zero attached hydrogens (tertiary/aromatic N) is 2. The molecule has 0 N–H and O–H groups in total. The first-order chi connectivity index (χ1) is 12.9. The van der Waals surface area contributed by atoms with Crippen LogP contribution in [0, 0.1) is 6.92 Å². The van der Waals surface area contributed by atoms with Gasteiger partial charge in [0.1, 0.15) is 6.54 Å². The largest absolute Gasteiger partial charge is 0.481 e. The molecule has 0 fully saturated rings. The highest BCUT2D eigenvalue weighted by molar-refractivity contribution is 6.30. The highest BCUT2D eigenvalue weighted by Crippen LogP contribution is 2.42. The van der Waals surface area contributed by atoms with E-state index in [0.29, 0.717) is 22.3 Å². The predicted octanol–water partition coefficient (Wildman–Crippen LogP) is 3.73. The maximum atomic E-state index is 13.2. The van der Waals surface area contributed by atoms with Crippen LogP contribution in [-0.2, 0) is 14.3 Å². The Hall–Kier alpha value is -2.60. The number of halogens is 1. The van der Waals surface area contributed by atoms with Crippen LogP contribution in [-0.4, -0.2) is 37.1 Å². The molecule has 0 saturated carbocycles. The lowest BCUT2D eigenvalue weighted by Crippen LogP contribution is -2.38. The van der Waals surface area contributed by atoms with E-state index in [1.54, 1.807) is 33.1 Å². The third-order valence-electron chi connectivity index (χ3n) is 4.59. The predicted molar refractivity (Wildman–Crippen MR) is 103 cm³/mol. The zero-order valence-electron chi connectivity index (χ0n) is 15.7. The molecule has 0 radical (unpaired) electrons. The molecule has 0 spiro atoms. The van der Waals surface area contributed by atoms with Crippen molar-refractivity contribution < 1.29 is 19.1 Å². The van der Waals surface area contributed by atoms with Crippen molar-refractivity contribution in [2.75, 3.05) is 25.2 Å². The van der Waals surface area contributed by atoms with Crippen LogP contribution < -0.4 is 9.64 Å². The summed E-state index contributed by atoms with van der Waals surface area (Å²) in [4.78, 5) is 31.4. The van der Waals surface area contributed by atoms with Gasteiger partial charge in [0, 0.05) is 16.1 Å². The van der Waals surface area contributed by atoms with Gasteiger partial charge in [0.15, 0.2) is 0 Å². The fourth-order valence-electron chi connectivity index (χ4n) is 3.28. The molecule has 0 bridgehead atoms. The van der Waals surface area contributed by atoms with Gasteiger partial charge in [0.05, 0.1) is 31.0 Å². The van der Waals surface area contributed by atoms with Gasteiger partial charge in [-0.2, -0.15) is 0 Å². The van der Waals surface area contributed by atoms with Crippen LogP contribution in [0.15, 0.2) is 24.3 Å². The lowest BCUT2D eigenvalue weighted by Gasteiger charge is -2.24. The Balaban J connectivity index is 2.25. The van der Waals surface area contributed by atoms with Gasteiger partial charge >= 0.3 is 5.97 Å². The number of pyridine rings is 1. The number of hydrogen-bond donors (Lipinski definition) is 0. The Bertz CT molecular complexity index is 913. The average Bonchev–Trinajstić information content (AvgIpc) is 2.71. The summed E-state index contributed by atoms with van der Waals surface area (Å²) in [7, 11) is 1.55. The van der Waals surface area contributed by atoms with Gasteiger partial charge in [-0.25, -0.2) is 4.98 Å². The van der Waals surface area contributed by atoms with E-state index in [0.717, 1.165) is 16.7 Å². The van der Waals surface area contributed by atoms with Crippen molar-refractivity contribution in [3.8, 4) is 17.1 Å². The van der Waals surface area contributed by atoms with Crippen LogP contribution >= 0.6 is 11.6 Å². The van der Waals surface area contributed by atoms with Gasteiger partial charge in [-0.15, -0.1) is 0 Å². The summed E-state index contributed by atoms with van der Waals surface area (Å²) < 4.78 is 10.4. The van der Waals surface area contributed by atoms with Crippen LogP contribution in [0.1, 0.15) is 30.9 Å². The molecule has 1 aromatic carbocycles. The van der Waals surface area contributed by atoms with E-state index in [-0.39, 0.29) is 19.1 Å². The molecule has 1 aliphatic heterocycles. The highest BCUT2D eigenvalue weighted by Gasteiger charge is 2.34. The van der Waals surface area contributed by atoms with E-state index in [1.807, 2.05) is 19.1 Å². The molecule has 1 aliphatic rings. The second-order valence-corrected chi connectivity index (χ2v) is 6.80. The molecule has 1 atom stereocenters. The van der Waals surface area contributed by atoms with Crippen LogP contribution in [0.2, 0.25) is 5.02 Å². The first-order valence-electron chi connectivity index (χ1n) is 8.69. The quantitative estimate of drug-likeness (QED) is 0.746. The molecular weight excluding hydrogens is 368 g/mol. The van der Waals surface area contributed by atoms with Gasteiger partial charge in [-0.1, -0.05) is 17.7 Å². The van der Waals surface area contributed by atoms with E-state index < -0.39 is 11.9 Å². The number of anilines is 1. The minimum absolute atomic E-state index is 0.181. The molecule has 27 heavy (non-hydrogen) atoms. The summed E-state index contributed by atoms with van der Waals surface area (Å²) in [6, 6.07) is 7.19. The second-order valence-electron chi connectivity index (χ2n) is 6.36. The van der Waals surface area contributed by atoms with Crippen molar-refractivity contribution in [1.29, 1.82) is 0 Å². The number of carbonyl (C=O) groups is 2. The van der Waals surface area contributed by atoms with Crippen LogP contribution in [0.5, 0.6) is 5.88 Å².